The van der Waals surface area contributed by atoms with Gasteiger partial charge in [-0.1, -0.05) is 43.7 Å². The maximum absolute atomic E-state index is 14.4. The van der Waals surface area contributed by atoms with Crippen molar-refractivity contribution in [2.45, 2.75) is 58.3 Å². The van der Waals surface area contributed by atoms with Crippen molar-refractivity contribution < 1.29 is 19.1 Å². The number of hydrogen-bond acceptors (Lipinski definition) is 7. The molecule has 4 heterocycles. The number of aromatic nitrogens is 1. The van der Waals surface area contributed by atoms with Gasteiger partial charge in [0.15, 0.2) is 0 Å². The molecule has 5 aromatic rings. The van der Waals surface area contributed by atoms with E-state index >= 15 is 0 Å². The molecule has 0 saturated carbocycles. The number of carboxylic acid groups (broad SMARTS) is 1. The summed E-state index contributed by atoms with van der Waals surface area (Å²) < 4.78 is 7.25. The highest BCUT2D eigenvalue weighted by Crippen LogP contribution is 2.46. The van der Waals surface area contributed by atoms with E-state index in [9.17, 15) is 19.5 Å². The summed E-state index contributed by atoms with van der Waals surface area (Å²) in [6.07, 6.45) is 5.90. The quantitative estimate of drug-likeness (QED) is 0.158. The molecule has 0 saturated heterocycles. The van der Waals surface area contributed by atoms with Crippen LogP contribution in [0.5, 0.6) is 0 Å². The molecule has 8 nitrogen and oxygen atoms in total. The minimum Gasteiger partial charge on any atom is -0.481 e. The van der Waals surface area contributed by atoms with Gasteiger partial charge in [-0.2, -0.15) is 0 Å². The van der Waals surface area contributed by atoms with E-state index in [-0.39, 0.29) is 12.3 Å². The molecular weight excluding hydrogens is 598 g/mol. The molecule has 0 atom stereocenters. The summed E-state index contributed by atoms with van der Waals surface area (Å²) in [5.74, 6) is -1.05. The van der Waals surface area contributed by atoms with Crippen LogP contribution >= 0.6 is 11.3 Å². The molecule has 0 fully saturated rings. The monoisotopic (exact) mass is 635 g/mol. The number of aliphatic carboxylic acids is 1. The van der Waals surface area contributed by atoms with Crippen molar-refractivity contribution in [3.8, 4) is 21.7 Å². The predicted octanol–water partition coefficient (Wildman–Crippen LogP) is 7.54. The Bertz CT molecular complexity index is 1990. The smallest absolute Gasteiger partial charge is 0.347 e. The van der Waals surface area contributed by atoms with Crippen LogP contribution in [0.3, 0.4) is 0 Å². The largest absolute Gasteiger partial charge is 0.481 e. The van der Waals surface area contributed by atoms with Gasteiger partial charge in [-0.15, -0.1) is 11.3 Å². The highest BCUT2D eigenvalue weighted by Gasteiger charge is 2.31. The average molecular weight is 636 g/mol. The average Bonchev–Trinajstić information content (AvgIpc) is 3.50. The van der Waals surface area contributed by atoms with Gasteiger partial charge in [-0.25, -0.2) is 9.78 Å². The number of unbranched alkanes of at least 4 members (excludes halogenated alkanes) is 1. The fourth-order valence-corrected chi connectivity index (χ4v) is 8.11. The third-order valence-corrected chi connectivity index (χ3v) is 10.3. The van der Waals surface area contributed by atoms with Gasteiger partial charge in [0.1, 0.15) is 16.2 Å². The van der Waals surface area contributed by atoms with Crippen molar-refractivity contribution in [1.29, 1.82) is 0 Å². The molecule has 0 spiro atoms. The first-order valence-electron chi connectivity index (χ1n) is 16.3. The van der Waals surface area contributed by atoms with Crippen molar-refractivity contribution in [2.24, 2.45) is 0 Å². The molecule has 0 aliphatic carbocycles. The fraction of sp³-hybridized carbons (Fsp3) is 0.351. The lowest BCUT2D eigenvalue weighted by atomic mass is 9.86. The van der Waals surface area contributed by atoms with Crippen LogP contribution in [0.25, 0.3) is 42.9 Å². The molecule has 1 amide bonds. The Balaban J connectivity index is 1.48. The molecule has 0 bridgehead atoms. The minimum atomic E-state index is -0.878. The molecule has 1 N–H and O–H groups in total. The van der Waals surface area contributed by atoms with Gasteiger partial charge < -0.3 is 19.3 Å². The molecule has 46 heavy (non-hydrogen) atoms. The summed E-state index contributed by atoms with van der Waals surface area (Å²) in [6, 6.07) is 17.5. The number of carboxylic acids is 1. The van der Waals surface area contributed by atoms with Crippen LogP contribution in [0.4, 0.5) is 5.69 Å². The van der Waals surface area contributed by atoms with Crippen molar-refractivity contribution in [2.75, 3.05) is 31.1 Å². The summed E-state index contributed by atoms with van der Waals surface area (Å²) in [4.78, 5) is 49.0. The molecule has 0 unspecified atom stereocenters. The highest BCUT2D eigenvalue weighted by atomic mass is 32.1. The standard InChI is InChI=1S/C37H37N3O5S/c1-2-3-18-40(21-10-17-30(41)42)36(43)25-13-5-4-12-24(25)31-27-22-23-11-8-19-39-20-9-14-26(33(23)39)34(27)45-37(44)32(31)35-38-28-15-6-7-16-29(28)46-35/h4-7,12-13,15-16,22H,2-3,8-11,14,17-21H2,1H3,(H,41,42). The van der Waals surface area contributed by atoms with Crippen LogP contribution in [0.1, 0.15) is 66.9 Å². The Hall–Kier alpha value is -4.50. The first kappa shape index (κ1) is 30.2. The Morgan fingerprint density at radius 3 is 2.57 bits per heavy atom. The Kier molecular flexibility index (Phi) is 8.34. The van der Waals surface area contributed by atoms with Crippen molar-refractivity contribution in [3.05, 3.63) is 81.7 Å². The van der Waals surface area contributed by atoms with Crippen LogP contribution in [0, 0.1) is 0 Å². The van der Waals surface area contributed by atoms with E-state index in [4.69, 9.17) is 9.40 Å². The maximum Gasteiger partial charge on any atom is 0.347 e. The second-order valence-electron chi connectivity index (χ2n) is 12.2. The van der Waals surface area contributed by atoms with Gasteiger partial charge in [0, 0.05) is 60.4 Å². The zero-order valence-electron chi connectivity index (χ0n) is 26.0. The van der Waals surface area contributed by atoms with Gasteiger partial charge in [0.25, 0.3) is 5.91 Å². The second-order valence-corrected chi connectivity index (χ2v) is 13.3. The predicted molar refractivity (Wildman–Crippen MR) is 183 cm³/mol. The van der Waals surface area contributed by atoms with E-state index in [1.54, 1.807) is 4.90 Å². The van der Waals surface area contributed by atoms with Gasteiger partial charge in [-0.3, -0.25) is 9.59 Å². The fourth-order valence-electron chi connectivity index (χ4n) is 7.11. The van der Waals surface area contributed by atoms with Crippen LogP contribution in [-0.2, 0) is 17.6 Å². The van der Waals surface area contributed by atoms with E-state index in [0.29, 0.717) is 52.4 Å². The van der Waals surface area contributed by atoms with Gasteiger partial charge in [-0.05, 0) is 73.9 Å². The van der Waals surface area contributed by atoms with Crippen LogP contribution in [-0.4, -0.2) is 53.0 Å². The van der Waals surface area contributed by atoms with Gasteiger partial charge in [0.05, 0.1) is 10.2 Å². The Morgan fingerprint density at radius 2 is 1.76 bits per heavy atom. The zero-order valence-corrected chi connectivity index (χ0v) is 26.8. The number of hydrogen-bond donors (Lipinski definition) is 1. The first-order valence-corrected chi connectivity index (χ1v) is 17.1. The Morgan fingerprint density at radius 1 is 1.00 bits per heavy atom. The normalized spacial score (nSPS) is 14.1. The van der Waals surface area contributed by atoms with E-state index < -0.39 is 11.6 Å². The number of thiazole rings is 1. The lowest BCUT2D eigenvalue weighted by Gasteiger charge is -2.37. The molecule has 2 aromatic heterocycles. The lowest BCUT2D eigenvalue weighted by molar-refractivity contribution is -0.137. The first-order chi connectivity index (χ1) is 22.4. The Labute approximate surface area is 271 Å². The number of carbonyl (C=O) groups excluding carboxylic acids is 1. The summed E-state index contributed by atoms with van der Waals surface area (Å²) in [7, 11) is 0. The lowest BCUT2D eigenvalue weighted by Crippen LogP contribution is -2.34. The van der Waals surface area contributed by atoms with E-state index in [0.717, 1.165) is 72.8 Å². The molecular formula is C37H37N3O5S. The molecule has 0 radical (unpaired) electrons. The molecule has 2 aliphatic heterocycles. The highest BCUT2D eigenvalue weighted by molar-refractivity contribution is 7.21. The van der Waals surface area contributed by atoms with Crippen molar-refractivity contribution in [3.63, 3.8) is 0 Å². The van der Waals surface area contributed by atoms with Gasteiger partial charge in [0.2, 0.25) is 0 Å². The topological polar surface area (TPSA) is 104 Å². The molecule has 2 aliphatic rings. The van der Waals surface area contributed by atoms with Crippen LogP contribution in [0.15, 0.2) is 63.8 Å². The third kappa shape index (κ3) is 5.47. The number of aryl methyl sites for hydroxylation is 2. The van der Waals surface area contributed by atoms with Gasteiger partial charge >= 0.3 is 11.6 Å². The number of anilines is 1. The molecule has 9 heteroatoms. The number of fused-ring (bicyclic) bond motifs is 3. The van der Waals surface area contributed by atoms with E-state index in [1.807, 2.05) is 48.5 Å². The SMILES string of the molecule is CCCCN(CCCC(=O)O)C(=O)c1ccccc1-c1c(-c2nc3ccccc3s2)c(=O)oc2c3c4c(cc12)CCCN4CCC3. The summed E-state index contributed by atoms with van der Waals surface area (Å²) in [5, 5.41) is 10.7. The molecule has 7 rings (SSSR count). The number of rotatable bonds is 10. The molecule has 236 valence electrons. The number of benzene rings is 3. The van der Waals surface area contributed by atoms with Crippen LogP contribution in [0.2, 0.25) is 0 Å². The number of carbonyl (C=O) groups is 2. The van der Waals surface area contributed by atoms with E-state index in [1.165, 1.54) is 22.6 Å². The van der Waals surface area contributed by atoms with Crippen molar-refractivity contribution in [1.82, 2.24) is 9.88 Å². The summed E-state index contributed by atoms with van der Waals surface area (Å²) >= 11 is 1.45. The minimum absolute atomic E-state index is 0.00538. The second kappa shape index (κ2) is 12.7. The summed E-state index contributed by atoms with van der Waals surface area (Å²) in [5.41, 5.74) is 6.67. The number of nitrogens with zero attached hydrogens (tertiary/aromatic N) is 3. The number of para-hydroxylation sites is 1. The zero-order chi connectivity index (χ0) is 31.8. The van der Waals surface area contributed by atoms with Crippen LogP contribution < -0.4 is 10.5 Å². The maximum atomic E-state index is 14.4. The summed E-state index contributed by atoms with van der Waals surface area (Å²) in [6.45, 7) is 4.94. The molecule has 3 aromatic carbocycles. The van der Waals surface area contributed by atoms with Crippen molar-refractivity contribution >= 4 is 50.1 Å². The third-order valence-electron chi connectivity index (χ3n) is 9.21. The van der Waals surface area contributed by atoms with E-state index in [2.05, 4.69) is 17.9 Å². The number of amides is 1.